The van der Waals surface area contributed by atoms with Gasteiger partial charge in [0.15, 0.2) is 0 Å². The van der Waals surface area contributed by atoms with Gasteiger partial charge in [0.05, 0.1) is 22.5 Å². The van der Waals surface area contributed by atoms with Gasteiger partial charge in [0.2, 0.25) is 11.8 Å². The molecule has 1 aromatic heterocycles. The molecule has 1 heterocycles. The minimum Gasteiger partial charge on any atom is -0.346 e. The van der Waals surface area contributed by atoms with Crippen LogP contribution in [0.5, 0.6) is 0 Å². The van der Waals surface area contributed by atoms with Crippen LogP contribution in [0.1, 0.15) is 21.7 Å². The van der Waals surface area contributed by atoms with Gasteiger partial charge in [-0.05, 0) is 44.0 Å². The molecule has 0 bridgehead atoms. The Morgan fingerprint density at radius 1 is 1.07 bits per heavy atom. The van der Waals surface area contributed by atoms with Gasteiger partial charge in [-0.25, -0.2) is 4.98 Å². The van der Waals surface area contributed by atoms with Crippen molar-refractivity contribution < 1.29 is 9.59 Å². The first kappa shape index (κ1) is 20.4. The van der Waals surface area contributed by atoms with E-state index in [0.29, 0.717) is 11.5 Å². The summed E-state index contributed by atoms with van der Waals surface area (Å²) in [6.07, 6.45) is 0. The summed E-state index contributed by atoms with van der Waals surface area (Å²) in [5.41, 5.74) is 5.00. The van der Waals surface area contributed by atoms with Gasteiger partial charge in [-0.15, -0.1) is 23.1 Å². The molecule has 0 atom stereocenters. The van der Waals surface area contributed by atoms with Crippen molar-refractivity contribution in [3.8, 4) is 0 Å². The Bertz CT molecular complexity index is 958. The number of amides is 2. The zero-order valence-electron chi connectivity index (χ0n) is 16.2. The highest BCUT2D eigenvalue weighted by Crippen LogP contribution is 2.24. The fourth-order valence-electron chi connectivity index (χ4n) is 3.00. The number of aryl methyl sites for hydroxylation is 3. The number of carbonyl (C=O) groups excluding carboxylic acids is 2. The Labute approximate surface area is 172 Å². The molecule has 7 heteroatoms. The summed E-state index contributed by atoms with van der Waals surface area (Å²) in [6, 6.07) is 12.1. The molecule has 146 valence electrons. The Hall–Kier alpha value is -2.38. The fourth-order valence-corrected chi connectivity index (χ4v) is 4.88. The molecule has 0 aliphatic rings. The lowest BCUT2D eigenvalue weighted by atomic mass is 10.1. The van der Waals surface area contributed by atoms with Gasteiger partial charge in [-0.2, -0.15) is 0 Å². The monoisotopic (exact) mass is 413 g/mol. The topological polar surface area (TPSA) is 71.1 Å². The maximum Gasteiger partial charge on any atom is 0.243 e. The third-order valence-electron chi connectivity index (χ3n) is 4.18. The summed E-state index contributed by atoms with van der Waals surface area (Å²) >= 11 is 3.14. The van der Waals surface area contributed by atoms with Gasteiger partial charge in [0, 0.05) is 11.4 Å². The van der Waals surface area contributed by atoms with Crippen LogP contribution in [0.2, 0.25) is 0 Å². The number of aromatic nitrogens is 1. The first-order valence-corrected chi connectivity index (χ1v) is 11.0. The molecule has 0 saturated heterocycles. The molecule has 5 nitrogen and oxygen atoms in total. The van der Waals surface area contributed by atoms with Crippen molar-refractivity contribution >= 4 is 50.8 Å². The molecule has 0 aliphatic carbocycles. The first-order chi connectivity index (χ1) is 13.4. The molecular weight excluding hydrogens is 390 g/mol. The number of fused-ring (bicyclic) bond motifs is 1. The van der Waals surface area contributed by atoms with Crippen LogP contribution in [0.4, 0.5) is 5.69 Å². The summed E-state index contributed by atoms with van der Waals surface area (Å²) in [4.78, 5) is 28.7. The second-order valence-electron chi connectivity index (χ2n) is 6.67. The summed E-state index contributed by atoms with van der Waals surface area (Å²) in [5.74, 6) is 0.602. The number of anilines is 1. The van der Waals surface area contributed by atoms with Gasteiger partial charge >= 0.3 is 0 Å². The number of rotatable bonds is 7. The lowest BCUT2D eigenvalue weighted by Gasteiger charge is -2.13. The predicted molar refractivity (Wildman–Crippen MR) is 118 cm³/mol. The van der Waals surface area contributed by atoms with E-state index >= 15 is 0 Å². The van der Waals surface area contributed by atoms with E-state index < -0.39 is 0 Å². The summed E-state index contributed by atoms with van der Waals surface area (Å²) in [5, 5.41) is 6.57. The summed E-state index contributed by atoms with van der Waals surface area (Å²) in [6.45, 7) is 5.92. The molecule has 3 rings (SSSR count). The van der Waals surface area contributed by atoms with Crippen LogP contribution in [0.15, 0.2) is 36.4 Å². The van der Waals surface area contributed by atoms with Crippen molar-refractivity contribution in [2.24, 2.45) is 0 Å². The lowest BCUT2D eigenvalue weighted by molar-refractivity contribution is -0.122. The molecule has 2 N–H and O–H groups in total. The molecule has 2 aromatic carbocycles. The third-order valence-corrected chi connectivity index (χ3v) is 6.35. The predicted octanol–water partition coefficient (Wildman–Crippen LogP) is 4.21. The maximum atomic E-state index is 12.2. The number of thiazole rings is 1. The van der Waals surface area contributed by atoms with E-state index in [1.807, 2.05) is 57.2 Å². The van der Waals surface area contributed by atoms with Crippen LogP contribution >= 0.6 is 23.1 Å². The largest absolute Gasteiger partial charge is 0.346 e. The van der Waals surface area contributed by atoms with Crippen molar-refractivity contribution in [1.82, 2.24) is 10.3 Å². The Balaban J connectivity index is 1.42. The average molecular weight is 414 g/mol. The normalized spacial score (nSPS) is 10.8. The highest BCUT2D eigenvalue weighted by molar-refractivity contribution is 7.99. The van der Waals surface area contributed by atoms with Crippen molar-refractivity contribution in [3.63, 3.8) is 0 Å². The van der Waals surface area contributed by atoms with Crippen LogP contribution in [0.3, 0.4) is 0 Å². The van der Waals surface area contributed by atoms with E-state index in [0.717, 1.165) is 37.6 Å². The quantitative estimate of drug-likeness (QED) is 0.609. The molecule has 0 fully saturated rings. The number of thioether (sulfide) groups is 1. The minimum atomic E-state index is -0.223. The maximum absolute atomic E-state index is 12.2. The van der Waals surface area contributed by atoms with Gasteiger partial charge in [0.1, 0.15) is 5.01 Å². The molecule has 3 aromatic rings. The van der Waals surface area contributed by atoms with E-state index in [4.69, 9.17) is 0 Å². The minimum absolute atomic E-state index is 0.0344. The molecule has 0 radical (unpaired) electrons. The molecule has 28 heavy (non-hydrogen) atoms. The van der Waals surface area contributed by atoms with Crippen molar-refractivity contribution in [2.75, 3.05) is 17.6 Å². The second kappa shape index (κ2) is 9.21. The van der Waals surface area contributed by atoms with Crippen LogP contribution < -0.4 is 10.6 Å². The number of hydrogen-bond donors (Lipinski definition) is 2. The fraction of sp³-hybridized carbons (Fsp3) is 0.286. The zero-order chi connectivity index (χ0) is 20.1. The van der Waals surface area contributed by atoms with E-state index in [1.165, 1.54) is 11.8 Å². The van der Waals surface area contributed by atoms with Gasteiger partial charge in [-0.3, -0.25) is 9.59 Å². The van der Waals surface area contributed by atoms with E-state index in [9.17, 15) is 9.59 Å². The Kier molecular flexibility index (Phi) is 6.70. The smallest absolute Gasteiger partial charge is 0.243 e. The molecule has 0 unspecified atom stereocenters. The van der Waals surface area contributed by atoms with Crippen molar-refractivity contribution in [1.29, 1.82) is 0 Å². The van der Waals surface area contributed by atoms with Crippen LogP contribution in [0.25, 0.3) is 10.2 Å². The van der Waals surface area contributed by atoms with Crippen molar-refractivity contribution in [2.45, 2.75) is 26.5 Å². The lowest BCUT2D eigenvalue weighted by Crippen LogP contribution is -2.34. The van der Waals surface area contributed by atoms with Gasteiger partial charge in [0.25, 0.3) is 0 Å². The zero-order valence-corrected chi connectivity index (χ0v) is 17.8. The standard InChI is InChI=1S/C21H23N3O2S2/c1-13-8-14(2)21(15(3)9-13)24-18(25)10-22-19(26)11-27-12-20-23-16-6-4-5-7-17(16)28-20/h4-9H,10-12H2,1-3H3,(H,22,26)(H,24,25). The summed E-state index contributed by atoms with van der Waals surface area (Å²) < 4.78 is 1.15. The number of hydrogen-bond acceptors (Lipinski definition) is 5. The summed E-state index contributed by atoms with van der Waals surface area (Å²) in [7, 11) is 0. The number of nitrogens with zero attached hydrogens (tertiary/aromatic N) is 1. The van der Waals surface area contributed by atoms with E-state index in [-0.39, 0.29) is 18.4 Å². The Morgan fingerprint density at radius 2 is 1.79 bits per heavy atom. The van der Waals surface area contributed by atoms with Gasteiger partial charge < -0.3 is 10.6 Å². The number of para-hydroxylation sites is 1. The van der Waals surface area contributed by atoms with Gasteiger partial charge in [-0.1, -0.05) is 29.8 Å². The molecular formula is C21H23N3O2S2. The average Bonchev–Trinajstić information content (AvgIpc) is 3.05. The highest BCUT2D eigenvalue weighted by atomic mass is 32.2. The third kappa shape index (κ3) is 5.33. The number of nitrogens with one attached hydrogen (secondary N) is 2. The van der Waals surface area contributed by atoms with Crippen LogP contribution in [-0.2, 0) is 15.3 Å². The second-order valence-corrected chi connectivity index (χ2v) is 8.77. The van der Waals surface area contributed by atoms with Crippen LogP contribution in [-0.4, -0.2) is 29.1 Å². The SMILES string of the molecule is Cc1cc(C)c(NC(=O)CNC(=O)CSCc2nc3ccccc3s2)c(C)c1. The van der Waals surface area contributed by atoms with Crippen LogP contribution in [0, 0.1) is 20.8 Å². The van der Waals surface area contributed by atoms with E-state index in [1.54, 1.807) is 11.3 Å². The molecule has 2 amide bonds. The number of benzene rings is 2. The van der Waals surface area contributed by atoms with Crippen molar-refractivity contribution in [3.05, 3.63) is 58.1 Å². The molecule has 0 spiro atoms. The Morgan fingerprint density at radius 3 is 2.50 bits per heavy atom. The first-order valence-electron chi connectivity index (χ1n) is 8.99. The molecule has 0 aliphatic heterocycles. The van der Waals surface area contributed by atoms with E-state index in [2.05, 4.69) is 15.6 Å². The number of carbonyl (C=O) groups is 2. The highest BCUT2D eigenvalue weighted by Gasteiger charge is 2.10. The molecule has 0 saturated carbocycles.